The number of hydrogen-bond acceptors (Lipinski definition) is 9. The zero-order valence-corrected chi connectivity index (χ0v) is 24.2. The normalized spacial score (nSPS) is 14.5. The van der Waals surface area contributed by atoms with Crippen LogP contribution in [0.1, 0.15) is 33.0 Å². The Labute approximate surface area is 241 Å². The van der Waals surface area contributed by atoms with Crippen molar-refractivity contribution in [3.8, 4) is 17.1 Å². The number of hydrogen-bond donors (Lipinski definition) is 2. The van der Waals surface area contributed by atoms with Gasteiger partial charge in [-0.25, -0.2) is 14.8 Å². The van der Waals surface area contributed by atoms with Gasteiger partial charge in [0.1, 0.15) is 10.6 Å². The molecule has 12 heteroatoms. The second-order valence-electron chi connectivity index (χ2n) is 11.0. The van der Waals surface area contributed by atoms with Gasteiger partial charge in [-0.05, 0) is 24.6 Å². The van der Waals surface area contributed by atoms with E-state index in [0.29, 0.717) is 29.8 Å². The number of nitrogens with one attached hydrogen (secondary N) is 2. The first-order valence-electron chi connectivity index (χ1n) is 13.7. The fourth-order valence-electron chi connectivity index (χ4n) is 4.57. The molecule has 1 aliphatic rings. The van der Waals surface area contributed by atoms with E-state index in [2.05, 4.69) is 20.7 Å². The van der Waals surface area contributed by atoms with Crippen LogP contribution in [0.25, 0.3) is 26.6 Å². The molecule has 0 atom stereocenters. The molecule has 2 amide bonds. The number of morpholine rings is 1. The fraction of sp³-hybridized carbons (Fsp3) is 0.379. The summed E-state index contributed by atoms with van der Waals surface area (Å²) in [7, 11) is 0. The summed E-state index contributed by atoms with van der Waals surface area (Å²) in [5, 5.41) is 9.44. The van der Waals surface area contributed by atoms with Gasteiger partial charge in [-0.1, -0.05) is 49.4 Å². The summed E-state index contributed by atoms with van der Waals surface area (Å²) in [6.07, 6.45) is 2.96. The van der Waals surface area contributed by atoms with E-state index >= 15 is 0 Å². The summed E-state index contributed by atoms with van der Waals surface area (Å²) in [5.74, 6) is 1.70. The SMILES string of the molecule is CC(C)(C)c1cc(NC(=O)Nc2ccc(-c3cn4c(n3)sc3nc(OCCCN5CCOCC5)ccc34)cc2)no1. The molecule has 0 radical (unpaired) electrons. The molecule has 11 nitrogen and oxygen atoms in total. The number of pyridine rings is 1. The average molecular weight is 576 g/mol. The van der Waals surface area contributed by atoms with Crippen LogP contribution in [0.3, 0.4) is 0 Å². The van der Waals surface area contributed by atoms with Crippen LogP contribution in [-0.4, -0.2) is 69.9 Å². The number of imidazole rings is 1. The Morgan fingerprint density at radius 3 is 2.63 bits per heavy atom. The number of aromatic nitrogens is 4. The summed E-state index contributed by atoms with van der Waals surface area (Å²) in [4.78, 5) is 26.1. The van der Waals surface area contributed by atoms with Crippen LogP contribution in [0.5, 0.6) is 5.88 Å². The number of anilines is 2. The number of nitrogens with zero attached hydrogens (tertiary/aromatic N) is 5. The minimum absolute atomic E-state index is 0.190. The van der Waals surface area contributed by atoms with Crippen LogP contribution in [0.2, 0.25) is 0 Å². The number of ether oxygens (including phenoxy) is 2. The summed E-state index contributed by atoms with van der Waals surface area (Å²) >= 11 is 1.53. The second-order valence-corrected chi connectivity index (χ2v) is 11.9. The van der Waals surface area contributed by atoms with Gasteiger partial charge in [0, 0.05) is 54.6 Å². The maximum absolute atomic E-state index is 12.4. The van der Waals surface area contributed by atoms with Crippen molar-refractivity contribution >= 4 is 44.2 Å². The van der Waals surface area contributed by atoms with E-state index in [0.717, 1.165) is 65.8 Å². The van der Waals surface area contributed by atoms with Crippen LogP contribution in [0.4, 0.5) is 16.3 Å². The maximum atomic E-state index is 12.4. The Morgan fingerprint density at radius 1 is 1.07 bits per heavy atom. The van der Waals surface area contributed by atoms with Gasteiger partial charge in [0.15, 0.2) is 10.8 Å². The molecule has 0 unspecified atom stereocenters. The van der Waals surface area contributed by atoms with Gasteiger partial charge in [-0.3, -0.25) is 14.6 Å². The van der Waals surface area contributed by atoms with Gasteiger partial charge in [-0.2, -0.15) is 0 Å². The highest BCUT2D eigenvalue weighted by atomic mass is 32.1. The molecule has 214 valence electrons. The van der Waals surface area contributed by atoms with Crippen molar-refractivity contribution in [2.45, 2.75) is 32.6 Å². The van der Waals surface area contributed by atoms with Crippen molar-refractivity contribution < 1.29 is 18.8 Å². The van der Waals surface area contributed by atoms with E-state index < -0.39 is 6.03 Å². The second kappa shape index (κ2) is 11.5. The van der Waals surface area contributed by atoms with Crippen molar-refractivity contribution in [2.75, 3.05) is 50.1 Å². The first-order valence-corrected chi connectivity index (χ1v) is 14.5. The molecule has 1 fully saturated rings. The fourth-order valence-corrected chi connectivity index (χ4v) is 5.54. The topological polar surface area (TPSA) is 119 Å². The minimum atomic E-state index is -0.395. The highest BCUT2D eigenvalue weighted by molar-refractivity contribution is 7.23. The van der Waals surface area contributed by atoms with Crippen molar-refractivity contribution in [2.24, 2.45) is 0 Å². The average Bonchev–Trinajstić information content (AvgIpc) is 3.67. The number of amides is 2. The lowest BCUT2D eigenvalue weighted by molar-refractivity contribution is 0.0357. The zero-order valence-electron chi connectivity index (χ0n) is 23.3. The first kappa shape index (κ1) is 27.2. The molecule has 0 saturated carbocycles. The molecule has 4 aromatic heterocycles. The molecule has 0 bridgehead atoms. The molecular formula is C29H33N7O4S. The Kier molecular flexibility index (Phi) is 7.61. The van der Waals surface area contributed by atoms with Gasteiger partial charge in [0.25, 0.3) is 0 Å². The van der Waals surface area contributed by atoms with Crippen molar-refractivity contribution in [3.63, 3.8) is 0 Å². The third-order valence-electron chi connectivity index (χ3n) is 6.84. The zero-order chi connectivity index (χ0) is 28.4. The van der Waals surface area contributed by atoms with Gasteiger partial charge < -0.3 is 19.3 Å². The monoisotopic (exact) mass is 575 g/mol. The number of carbonyl (C=O) groups is 1. The Hall–Kier alpha value is -4.00. The predicted octanol–water partition coefficient (Wildman–Crippen LogP) is 5.64. The number of carbonyl (C=O) groups excluding carboxylic acids is 1. The first-order chi connectivity index (χ1) is 19.8. The van der Waals surface area contributed by atoms with Crippen LogP contribution in [0, 0.1) is 0 Å². The molecule has 0 spiro atoms. The summed E-state index contributed by atoms with van der Waals surface area (Å²) < 4.78 is 18.7. The summed E-state index contributed by atoms with van der Waals surface area (Å²) in [6.45, 7) is 11.3. The number of thiazole rings is 1. The van der Waals surface area contributed by atoms with E-state index in [1.165, 1.54) is 11.3 Å². The Balaban J connectivity index is 1.06. The van der Waals surface area contributed by atoms with Crippen LogP contribution in [0.15, 0.2) is 53.2 Å². The van der Waals surface area contributed by atoms with E-state index in [4.69, 9.17) is 24.0 Å². The molecule has 1 saturated heterocycles. The molecular weight excluding hydrogens is 542 g/mol. The molecule has 5 heterocycles. The van der Waals surface area contributed by atoms with E-state index in [9.17, 15) is 4.79 Å². The van der Waals surface area contributed by atoms with Crippen molar-refractivity contribution in [1.82, 2.24) is 24.4 Å². The van der Waals surface area contributed by atoms with Gasteiger partial charge in [0.2, 0.25) is 5.88 Å². The van der Waals surface area contributed by atoms with E-state index in [1.807, 2.05) is 67.8 Å². The largest absolute Gasteiger partial charge is 0.478 e. The minimum Gasteiger partial charge on any atom is -0.478 e. The van der Waals surface area contributed by atoms with Crippen LogP contribution < -0.4 is 15.4 Å². The Morgan fingerprint density at radius 2 is 1.88 bits per heavy atom. The molecule has 6 rings (SSSR count). The molecule has 2 N–H and O–H groups in total. The molecule has 5 aromatic rings. The van der Waals surface area contributed by atoms with E-state index in [-0.39, 0.29) is 5.41 Å². The molecule has 0 aliphatic carbocycles. The number of fused-ring (bicyclic) bond motifs is 3. The van der Waals surface area contributed by atoms with Gasteiger partial charge in [0.05, 0.1) is 31.0 Å². The lowest BCUT2D eigenvalue weighted by Gasteiger charge is -2.26. The lowest BCUT2D eigenvalue weighted by Crippen LogP contribution is -2.37. The van der Waals surface area contributed by atoms with Gasteiger partial charge >= 0.3 is 6.03 Å². The molecule has 1 aromatic carbocycles. The maximum Gasteiger partial charge on any atom is 0.324 e. The van der Waals surface area contributed by atoms with Crippen molar-refractivity contribution in [3.05, 3.63) is 54.4 Å². The molecule has 1 aliphatic heterocycles. The number of benzene rings is 1. The highest BCUT2D eigenvalue weighted by Crippen LogP contribution is 2.30. The smallest absolute Gasteiger partial charge is 0.324 e. The van der Waals surface area contributed by atoms with Crippen LogP contribution in [-0.2, 0) is 10.2 Å². The Bertz CT molecular complexity index is 1650. The number of urea groups is 1. The standard InChI is InChI=1S/C29H33N7O4S/c1-29(2,3)23-17-24(34-40-23)32-27(37)30-20-7-5-19(6-8-20)21-18-36-22-9-10-25(33-26(22)41-28(36)31-21)39-14-4-11-35-12-15-38-16-13-35/h5-10,17-18H,4,11-16H2,1-3H3,(H2,30,32,34,37). The molecule has 41 heavy (non-hydrogen) atoms. The predicted molar refractivity (Wildman–Crippen MR) is 159 cm³/mol. The van der Waals surface area contributed by atoms with Gasteiger partial charge in [-0.15, -0.1) is 0 Å². The third kappa shape index (κ3) is 6.34. The quantitative estimate of drug-likeness (QED) is 0.228. The summed E-state index contributed by atoms with van der Waals surface area (Å²) in [5.41, 5.74) is 3.24. The lowest BCUT2D eigenvalue weighted by atomic mass is 9.93. The van der Waals surface area contributed by atoms with Crippen molar-refractivity contribution in [1.29, 1.82) is 0 Å². The third-order valence-corrected chi connectivity index (χ3v) is 7.80. The number of rotatable bonds is 8. The van der Waals surface area contributed by atoms with E-state index in [1.54, 1.807) is 6.07 Å². The summed E-state index contributed by atoms with van der Waals surface area (Å²) in [6, 6.07) is 12.8. The van der Waals surface area contributed by atoms with Crippen LogP contribution >= 0.6 is 11.3 Å². The highest BCUT2D eigenvalue weighted by Gasteiger charge is 2.20.